The van der Waals surface area contributed by atoms with Crippen LogP contribution in [0.25, 0.3) is 0 Å². The summed E-state index contributed by atoms with van der Waals surface area (Å²) in [7, 11) is 3.70. The van der Waals surface area contributed by atoms with Crippen LogP contribution in [0.15, 0.2) is 54.7 Å². The molecule has 0 radical (unpaired) electrons. The molecule has 5 rings (SSSR count). The molecule has 9 heteroatoms. The Hall–Kier alpha value is -4.11. The van der Waals surface area contributed by atoms with Gasteiger partial charge in [0.1, 0.15) is 11.6 Å². The highest BCUT2D eigenvalue weighted by Gasteiger charge is 2.28. The van der Waals surface area contributed by atoms with Crippen molar-refractivity contribution in [3.63, 3.8) is 0 Å². The molecular formula is C27H30N6O3. The number of fused-ring (bicyclic) bond motifs is 2. The van der Waals surface area contributed by atoms with E-state index in [1.807, 2.05) is 66.2 Å². The van der Waals surface area contributed by atoms with E-state index in [1.165, 1.54) is 0 Å². The minimum atomic E-state index is -0.0814. The second-order valence-electron chi connectivity index (χ2n) is 8.81. The third-order valence-electron chi connectivity index (χ3n) is 6.58. The lowest BCUT2D eigenvalue weighted by Crippen LogP contribution is -2.46. The fraction of sp³-hybridized carbons (Fsp3) is 0.296. The Labute approximate surface area is 210 Å². The monoisotopic (exact) mass is 486 g/mol. The Balaban J connectivity index is 1.46. The molecule has 0 bridgehead atoms. The largest absolute Gasteiger partial charge is 0.492 e. The first-order valence-corrected chi connectivity index (χ1v) is 12.1. The minimum Gasteiger partial charge on any atom is -0.492 e. The van der Waals surface area contributed by atoms with Gasteiger partial charge in [-0.25, -0.2) is 4.98 Å². The van der Waals surface area contributed by atoms with Gasteiger partial charge in [-0.2, -0.15) is 0 Å². The Morgan fingerprint density at radius 1 is 1.03 bits per heavy atom. The molecule has 0 spiro atoms. The van der Waals surface area contributed by atoms with Crippen LogP contribution in [0.2, 0.25) is 0 Å². The zero-order valence-corrected chi connectivity index (χ0v) is 20.7. The third kappa shape index (κ3) is 4.33. The molecule has 2 amide bonds. The Morgan fingerprint density at radius 2 is 1.81 bits per heavy atom. The fourth-order valence-electron chi connectivity index (χ4n) is 4.62. The summed E-state index contributed by atoms with van der Waals surface area (Å²) in [4.78, 5) is 36.1. The molecule has 1 saturated heterocycles. The number of piperazine rings is 1. The van der Waals surface area contributed by atoms with Crippen LogP contribution < -0.4 is 25.2 Å². The molecular weight excluding hydrogens is 456 g/mol. The number of ether oxygens (including phenoxy) is 1. The number of amides is 2. The summed E-state index contributed by atoms with van der Waals surface area (Å²) in [5, 5.41) is 6.61. The van der Waals surface area contributed by atoms with Crippen molar-refractivity contribution in [2.45, 2.75) is 6.92 Å². The van der Waals surface area contributed by atoms with Crippen molar-refractivity contribution in [2.24, 2.45) is 0 Å². The number of nitrogens with zero attached hydrogens (tertiary/aromatic N) is 4. The summed E-state index contributed by atoms with van der Waals surface area (Å²) in [6, 6.07) is 14.9. The zero-order chi connectivity index (χ0) is 25.2. The first-order chi connectivity index (χ1) is 17.5. The molecule has 9 nitrogen and oxygen atoms in total. The van der Waals surface area contributed by atoms with E-state index >= 15 is 0 Å². The SMILES string of the molecule is CCOc1cc(C(=O)N2CCNCC2)ccc1Nc1cc2c(cn1)N(C)C(=O)c1ccccc1N2C. The van der Waals surface area contributed by atoms with Crippen molar-refractivity contribution >= 4 is 40.4 Å². The van der Waals surface area contributed by atoms with Gasteiger partial charge in [0.2, 0.25) is 0 Å². The molecule has 0 unspecified atom stereocenters. The topological polar surface area (TPSA) is 90.0 Å². The minimum absolute atomic E-state index is 0.000142. The van der Waals surface area contributed by atoms with E-state index in [9.17, 15) is 9.59 Å². The third-order valence-corrected chi connectivity index (χ3v) is 6.58. The lowest BCUT2D eigenvalue weighted by Gasteiger charge is -2.27. The average molecular weight is 487 g/mol. The number of para-hydroxylation sites is 1. The number of hydrogen-bond acceptors (Lipinski definition) is 7. The Morgan fingerprint density at radius 3 is 2.58 bits per heavy atom. The van der Waals surface area contributed by atoms with Gasteiger partial charge in [0.15, 0.2) is 0 Å². The molecule has 0 aliphatic carbocycles. The quantitative estimate of drug-likeness (QED) is 0.569. The molecule has 1 fully saturated rings. The van der Waals surface area contributed by atoms with Gasteiger partial charge in [-0.3, -0.25) is 9.59 Å². The molecule has 0 saturated carbocycles. The number of aromatic nitrogens is 1. The molecule has 0 atom stereocenters. The summed E-state index contributed by atoms with van der Waals surface area (Å²) in [6.07, 6.45) is 1.70. The zero-order valence-electron chi connectivity index (χ0n) is 20.7. The van der Waals surface area contributed by atoms with Crippen molar-refractivity contribution in [2.75, 3.05) is 62.0 Å². The smallest absolute Gasteiger partial charge is 0.260 e. The number of rotatable bonds is 5. The van der Waals surface area contributed by atoms with Crippen molar-refractivity contribution in [3.05, 3.63) is 65.9 Å². The van der Waals surface area contributed by atoms with Crippen molar-refractivity contribution < 1.29 is 14.3 Å². The summed E-state index contributed by atoms with van der Waals surface area (Å²) >= 11 is 0. The van der Waals surface area contributed by atoms with Crippen LogP contribution in [0, 0.1) is 0 Å². The lowest BCUT2D eigenvalue weighted by molar-refractivity contribution is 0.0735. The van der Waals surface area contributed by atoms with E-state index in [0.29, 0.717) is 53.8 Å². The summed E-state index contributed by atoms with van der Waals surface area (Å²) in [5.41, 5.74) is 4.33. The number of carbonyl (C=O) groups excluding carboxylic acids is 2. The maximum absolute atomic E-state index is 13.0. The van der Waals surface area contributed by atoms with Gasteiger partial charge in [-0.1, -0.05) is 12.1 Å². The molecule has 2 N–H and O–H groups in total. The highest BCUT2D eigenvalue weighted by Crippen LogP contribution is 2.40. The summed E-state index contributed by atoms with van der Waals surface area (Å²) in [6.45, 7) is 5.35. The van der Waals surface area contributed by atoms with Crippen molar-refractivity contribution in [1.82, 2.24) is 15.2 Å². The van der Waals surface area contributed by atoms with E-state index < -0.39 is 0 Å². The molecule has 2 aromatic carbocycles. The first-order valence-electron chi connectivity index (χ1n) is 12.1. The molecule has 3 aromatic rings. The number of pyridine rings is 1. The van der Waals surface area contributed by atoms with E-state index in [4.69, 9.17) is 4.74 Å². The Bertz CT molecular complexity index is 1300. The highest BCUT2D eigenvalue weighted by molar-refractivity contribution is 6.13. The van der Waals surface area contributed by atoms with E-state index in [0.717, 1.165) is 24.5 Å². The standard InChI is InChI=1S/C27H30N6O3/c1-4-36-24-15-18(26(34)33-13-11-28-12-14-33)9-10-20(24)30-25-16-22-23(17-29-25)32(3)27(35)19-7-5-6-8-21(19)31(22)2/h5-10,15-17,28H,4,11-14H2,1-3H3,(H,29,30). The van der Waals surface area contributed by atoms with E-state index in [1.54, 1.807) is 24.2 Å². The number of carbonyl (C=O) groups is 2. The molecule has 2 aliphatic rings. The van der Waals surface area contributed by atoms with Gasteiger partial charge >= 0.3 is 0 Å². The van der Waals surface area contributed by atoms with Crippen molar-refractivity contribution in [3.8, 4) is 5.75 Å². The molecule has 2 aliphatic heterocycles. The van der Waals surface area contributed by atoms with Crippen LogP contribution in [-0.2, 0) is 0 Å². The van der Waals surface area contributed by atoms with Gasteiger partial charge in [0.05, 0.1) is 41.1 Å². The van der Waals surface area contributed by atoms with Crippen LogP contribution >= 0.6 is 0 Å². The van der Waals surface area contributed by atoms with Crippen LogP contribution in [0.1, 0.15) is 27.6 Å². The summed E-state index contributed by atoms with van der Waals surface area (Å²) in [5.74, 6) is 1.10. The summed E-state index contributed by atoms with van der Waals surface area (Å²) < 4.78 is 5.88. The van der Waals surface area contributed by atoms with E-state index in [-0.39, 0.29) is 11.8 Å². The fourth-order valence-corrected chi connectivity index (χ4v) is 4.62. The number of nitrogens with one attached hydrogen (secondary N) is 2. The van der Waals surface area contributed by atoms with Crippen LogP contribution in [0.5, 0.6) is 5.75 Å². The molecule has 1 aromatic heterocycles. The molecule has 3 heterocycles. The molecule has 186 valence electrons. The lowest BCUT2D eigenvalue weighted by atomic mass is 10.1. The highest BCUT2D eigenvalue weighted by atomic mass is 16.5. The maximum atomic E-state index is 13.0. The molecule has 36 heavy (non-hydrogen) atoms. The van der Waals surface area contributed by atoms with Gasteiger partial charge in [-0.05, 0) is 37.3 Å². The van der Waals surface area contributed by atoms with Gasteiger partial charge in [0, 0.05) is 51.9 Å². The van der Waals surface area contributed by atoms with Crippen LogP contribution in [-0.4, -0.2) is 68.6 Å². The maximum Gasteiger partial charge on any atom is 0.260 e. The number of anilines is 5. The number of benzene rings is 2. The van der Waals surface area contributed by atoms with Crippen LogP contribution in [0.4, 0.5) is 28.6 Å². The van der Waals surface area contributed by atoms with Gasteiger partial charge < -0.3 is 30.1 Å². The predicted octanol–water partition coefficient (Wildman–Crippen LogP) is 3.63. The predicted molar refractivity (Wildman–Crippen MR) is 141 cm³/mol. The average Bonchev–Trinajstić information content (AvgIpc) is 2.99. The number of hydrogen-bond donors (Lipinski definition) is 2. The van der Waals surface area contributed by atoms with Gasteiger partial charge in [-0.15, -0.1) is 0 Å². The van der Waals surface area contributed by atoms with Gasteiger partial charge in [0.25, 0.3) is 11.8 Å². The van der Waals surface area contributed by atoms with Crippen LogP contribution in [0.3, 0.4) is 0 Å². The van der Waals surface area contributed by atoms with E-state index in [2.05, 4.69) is 15.6 Å². The Kier molecular flexibility index (Phi) is 6.47. The van der Waals surface area contributed by atoms with Crippen molar-refractivity contribution in [1.29, 1.82) is 0 Å². The normalized spacial score (nSPS) is 15.2. The second-order valence-corrected chi connectivity index (χ2v) is 8.81. The second kappa shape index (κ2) is 9.87. The first kappa shape index (κ1) is 23.6.